The van der Waals surface area contributed by atoms with Crippen molar-refractivity contribution >= 4 is 27.5 Å². The number of aromatic hydroxyl groups is 1. The smallest absolute Gasteiger partial charge is 0.319 e. The zero-order valence-electron chi connectivity index (χ0n) is 23.4. The van der Waals surface area contributed by atoms with Crippen LogP contribution in [0.25, 0.3) is 32.9 Å². The molecule has 7 nitrogen and oxygen atoms in total. The van der Waals surface area contributed by atoms with Gasteiger partial charge in [0.05, 0.1) is 16.5 Å². The molecular formula is C32H30F3N5O2. The second kappa shape index (κ2) is 9.73. The van der Waals surface area contributed by atoms with Gasteiger partial charge in [-0.05, 0) is 55.3 Å². The Kier molecular flexibility index (Phi) is 6.21. The molecule has 3 fully saturated rings. The molecule has 2 aromatic heterocycles. The number of rotatable bonds is 6. The van der Waals surface area contributed by atoms with Crippen LogP contribution in [0.3, 0.4) is 0 Å². The summed E-state index contributed by atoms with van der Waals surface area (Å²) in [4.78, 5) is 17.7. The predicted molar refractivity (Wildman–Crippen MR) is 154 cm³/mol. The van der Waals surface area contributed by atoms with Gasteiger partial charge in [-0.3, -0.25) is 9.88 Å². The molecule has 42 heavy (non-hydrogen) atoms. The predicted octanol–water partition coefficient (Wildman–Crippen LogP) is 5.61. The van der Waals surface area contributed by atoms with Crippen LogP contribution in [0.5, 0.6) is 11.8 Å². The quantitative estimate of drug-likeness (QED) is 0.301. The van der Waals surface area contributed by atoms with E-state index >= 15 is 4.39 Å². The maximum atomic E-state index is 16.6. The third-order valence-electron chi connectivity index (χ3n) is 9.22. The van der Waals surface area contributed by atoms with Gasteiger partial charge in [-0.1, -0.05) is 18.9 Å². The normalized spacial score (nSPS) is 25.1. The van der Waals surface area contributed by atoms with Crippen molar-refractivity contribution in [3.8, 4) is 35.4 Å². The molecule has 10 heteroatoms. The number of nitrogens with zero attached hydrogens (tertiary/aromatic N) is 5. The average Bonchev–Trinajstić information content (AvgIpc) is 3.45. The van der Waals surface area contributed by atoms with E-state index in [-0.39, 0.29) is 52.1 Å². The molecule has 2 aromatic carbocycles. The average molecular weight is 574 g/mol. The van der Waals surface area contributed by atoms with E-state index in [4.69, 9.17) is 16.1 Å². The molecule has 4 atom stereocenters. The number of alkyl halides is 1. The van der Waals surface area contributed by atoms with Crippen molar-refractivity contribution in [1.29, 1.82) is 0 Å². The molecule has 0 unspecified atom stereocenters. The summed E-state index contributed by atoms with van der Waals surface area (Å²) in [5.41, 5.74) is -0.496. The van der Waals surface area contributed by atoms with Gasteiger partial charge >= 0.3 is 6.01 Å². The summed E-state index contributed by atoms with van der Waals surface area (Å²) in [6, 6.07) is 5.66. The van der Waals surface area contributed by atoms with Crippen molar-refractivity contribution in [2.75, 3.05) is 31.6 Å². The lowest BCUT2D eigenvalue weighted by Crippen LogP contribution is -2.43. The Bertz CT molecular complexity index is 1790. The van der Waals surface area contributed by atoms with Gasteiger partial charge in [-0.15, -0.1) is 6.42 Å². The van der Waals surface area contributed by atoms with Crippen molar-refractivity contribution in [3.63, 3.8) is 0 Å². The number of phenols is 1. The highest BCUT2D eigenvalue weighted by molar-refractivity contribution is 6.03. The van der Waals surface area contributed by atoms with E-state index in [1.165, 1.54) is 30.5 Å². The minimum atomic E-state index is -0.912. The second-order valence-corrected chi connectivity index (χ2v) is 11.9. The number of fused-ring (bicyclic) bond motifs is 3. The SMILES string of the molecule is C#Cc1c(F)ccc2cc(O)cc(-c3ncc4c(N(C)[C@H]5C[C@@H]5C)nc(OC[C@@]56CCCN5C[C@H](F)C6)nc4c3F)c12. The molecule has 216 valence electrons. The lowest BCUT2D eigenvalue weighted by atomic mass is 9.95. The van der Waals surface area contributed by atoms with E-state index in [9.17, 15) is 13.9 Å². The third-order valence-corrected chi connectivity index (χ3v) is 9.22. The Hall–Kier alpha value is -4.10. The van der Waals surface area contributed by atoms with E-state index in [1.807, 2.05) is 11.9 Å². The number of phenolic OH excluding ortho intramolecular Hbond substituents is 1. The first-order valence-corrected chi connectivity index (χ1v) is 14.2. The summed E-state index contributed by atoms with van der Waals surface area (Å²) in [7, 11) is 1.90. The van der Waals surface area contributed by atoms with E-state index in [0.29, 0.717) is 35.5 Å². The Balaban J connectivity index is 1.38. The molecule has 2 aliphatic heterocycles. The lowest BCUT2D eigenvalue weighted by Gasteiger charge is -2.31. The van der Waals surface area contributed by atoms with Crippen LogP contribution in [0.2, 0.25) is 0 Å². The maximum Gasteiger partial charge on any atom is 0.319 e. The Morgan fingerprint density at radius 3 is 2.83 bits per heavy atom. The van der Waals surface area contributed by atoms with E-state index < -0.39 is 23.3 Å². The van der Waals surface area contributed by atoms with Crippen LogP contribution in [0.1, 0.15) is 38.2 Å². The standard InChI is InChI=1S/C32H30F3N5O2/c1-4-21-24(34)7-6-18-11-20(41)12-22(26(18)21)28-27(35)29-23(14-36-28)30(39(3)25-10-17(25)2)38-31(37-29)42-16-32-8-5-9-40(32)15-19(33)13-32/h1,6-7,11-12,14,17,19,25,41H,5,8-10,13,15-16H2,2-3H3/t17-,19+,25-,32-/m0/s1. The highest BCUT2D eigenvalue weighted by Gasteiger charge is 2.49. The molecule has 0 spiro atoms. The van der Waals surface area contributed by atoms with E-state index in [1.54, 1.807) is 0 Å². The summed E-state index contributed by atoms with van der Waals surface area (Å²) in [5, 5.41) is 11.5. The number of aromatic nitrogens is 3. The number of ether oxygens (including phenoxy) is 1. The number of pyridine rings is 1. The molecule has 1 N–H and O–H groups in total. The summed E-state index contributed by atoms with van der Waals surface area (Å²) in [5.74, 6) is 1.72. The van der Waals surface area contributed by atoms with Crippen LogP contribution in [-0.2, 0) is 0 Å². The topological polar surface area (TPSA) is 74.6 Å². The molecule has 2 saturated heterocycles. The second-order valence-electron chi connectivity index (χ2n) is 11.9. The van der Waals surface area contributed by atoms with E-state index in [2.05, 4.69) is 27.7 Å². The number of hydrogen-bond acceptors (Lipinski definition) is 7. The summed E-state index contributed by atoms with van der Waals surface area (Å²) >= 11 is 0. The van der Waals surface area contributed by atoms with Gasteiger partial charge in [0.25, 0.3) is 0 Å². The van der Waals surface area contributed by atoms with Crippen molar-refractivity contribution in [3.05, 3.63) is 47.7 Å². The summed E-state index contributed by atoms with van der Waals surface area (Å²) < 4.78 is 51.8. The maximum absolute atomic E-state index is 16.6. The number of halogens is 3. The van der Waals surface area contributed by atoms with Gasteiger partial charge in [0.1, 0.15) is 41.4 Å². The van der Waals surface area contributed by atoms with Crippen molar-refractivity contribution < 1.29 is 23.0 Å². The van der Waals surface area contributed by atoms with Gasteiger partial charge in [0.15, 0.2) is 5.82 Å². The fraction of sp³-hybridized carbons (Fsp3) is 0.406. The van der Waals surface area contributed by atoms with Gasteiger partial charge in [-0.25, -0.2) is 13.2 Å². The Morgan fingerprint density at radius 2 is 2.07 bits per heavy atom. The number of benzene rings is 2. The molecule has 1 aliphatic carbocycles. The molecule has 1 saturated carbocycles. The minimum Gasteiger partial charge on any atom is -0.508 e. The highest BCUT2D eigenvalue weighted by Crippen LogP contribution is 2.43. The number of anilines is 1. The van der Waals surface area contributed by atoms with Gasteiger partial charge < -0.3 is 14.7 Å². The number of terminal acetylenes is 1. The zero-order valence-corrected chi connectivity index (χ0v) is 23.4. The fourth-order valence-electron chi connectivity index (χ4n) is 6.94. The first-order chi connectivity index (χ1) is 20.2. The third kappa shape index (κ3) is 4.21. The van der Waals surface area contributed by atoms with Crippen molar-refractivity contribution in [2.45, 2.75) is 50.4 Å². The van der Waals surface area contributed by atoms with Crippen LogP contribution in [0, 0.1) is 29.9 Å². The molecule has 7 rings (SSSR count). The highest BCUT2D eigenvalue weighted by atomic mass is 19.1. The summed E-state index contributed by atoms with van der Waals surface area (Å²) in [6.07, 6.45) is 9.35. The van der Waals surface area contributed by atoms with Gasteiger partial charge in [0.2, 0.25) is 0 Å². The van der Waals surface area contributed by atoms with Crippen LogP contribution in [-0.4, -0.2) is 69.5 Å². The molecule has 0 bridgehead atoms. The van der Waals surface area contributed by atoms with Gasteiger partial charge in [-0.2, -0.15) is 9.97 Å². The van der Waals surface area contributed by atoms with Crippen molar-refractivity contribution in [1.82, 2.24) is 19.9 Å². The molecule has 4 aromatic rings. The zero-order chi connectivity index (χ0) is 29.3. The Morgan fingerprint density at radius 1 is 1.26 bits per heavy atom. The Labute approximate surface area is 241 Å². The molecule has 0 radical (unpaired) electrons. The van der Waals surface area contributed by atoms with Crippen LogP contribution in [0.4, 0.5) is 19.0 Å². The van der Waals surface area contributed by atoms with E-state index in [0.717, 1.165) is 25.8 Å². The number of hydrogen-bond donors (Lipinski definition) is 1. The molecule has 0 amide bonds. The molecular weight excluding hydrogens is 543 g/mol. The first kappa shape index (κ1) is 26.8. The molecule has 4 heterocycles. The lowest BCUT2D eigenvalue weighted by molar-refractivity contribution is 0.107. The fourth-order valence-corrected chi connectivity index (χ4v) is 6.94. The molecule has 3 aliphatic rings. The van der Waals surface area contributed by atoms with Gasteiger partial charge in [0, 0.05) is 43.2 Å². The minimum absolute atomic E-state index is 0.00615. The van der Waals surface area contributed by atoms with Crippen LogP contribution < -0.4 is 9.64 Å². The van der Waals surface area contributed by atoms with Crippen LogP contribution >= 0.6 is 0 Å². The van der Waals surface area contributed by atoms with Crippen molar-refractivity contribution in [2.24, 2.45) is 5.92 Å². The first-order valence-electron chi connectivity index (χ1n) is 14.2. The largest absolute Gasteiger partial charge is 0.508 e. The summed E-state index contributed by atoms with van der Waals surface area (Å²) in [6.45, 7) is 3.54. The van der Waals surface area contributed by atoms with Crippen LogP contribution in [0.15, 0.2) is 30.5 Å². The monoisotopic (exact) mass is 573 g/mol.